The number of benzene rings is 2. The maximum absolute atomic E-state index is 9.70. The van der Waals surface area contributed by atoms with Crippen molar-refractivity contribution in [3.63, 3.8) is 0 Å². The molecule has 0 radical (unpaired) electrons. The average Bonchev–Trinajstić information content (AvgIpc) is 2.70. The molecule has 1 unspecified atom stereocenters. The van der Waals surface area contributed by atoms with Gasteiger partial charge in [0.05, 0.1) is 13.2 Å². The zero-order valence-electron chi connectivity index (χ0n) is 16.5. The van der Waals surface area contributed by atoms with E-state index in [2.05, 4.69) is 35.5 Å². The summed E-state index contributed by atoms with van der Waals surface area (Å²) in [4.78, 5) is 4.28. The molecular formula is C22H31N3O2. The average molecular weight is 370 g/mol. The molecule has 5 nitrogen and oxygen atoms in total. The molecule has 0 amide bonds. The molecule has 0 spiro atoms. The molecule has 146 valence electrons. The van der Waals surface area contributed by atoms with E-state index >= 15 is 0 Å². The van der Waals surface area contributed by atoms with Crippen molar-refractivity contribution in [3.05, 3.63) is 65.7 Å². The number of aliphatic hydroxyl groups excluding tert-OH is 1. The van der Waals surface area contributed by atoms with Gasteiger partial charge in [-0.2, -0.15) is 0 Å². The van der Waals surface area contributed by atoms with E-state index in [0.29, 0.717) is 31.6 Å². The molecule has 2 rings (SSSR count). The smallest absolute Gasteiger partial charge is 0.191 e. The van der Waals surface area contributed by atoms with Crippen LogP contribution in [0.25, 0.3) is 0 Å². The number of ether oxygens (including phenoxy) is 1. The number of aliphatic imine (C=N–C) groups is 1. The summed E-state index contributed by atoms with van der Waals surface area (Å²) in [7, 11) is 1.74. The van der Waals surface area contributed by atoms with Crippen LogP contribution in [-0.2, 0) is 6.54 Å². The molecule has 0 saturated heterocycles. The van der Waals surface area contributed by atoms with Gasteiger partial charge in [0.15, 0.2) is 5.96 Å². The third kappa shape index (κ3) is 6.94. The number of hydrogen-bond donors (Lipinski definition) is 3. The molecule has 1 atom stereocenters. The van der Waals surface area contributed by atoms with E-state index in [9.17, 15) is 5.11 Å². The largest absolute Gasteiger partial charge is 0.493 e. The van der Waals surface area contributed by atoms with Crippen molar-refractivity contribution in [1.29, 1.82) is 0 Å². The Morgan fingerprint density at radius 1 is 1.04 bits per heavy atom. The van der Waals surface area contributed by atoms with Crippen LogP contribution in [0, 0.1) is 5.92 Å². The molecule has 0 heterocycles. The molecule has 0 aromatic heterocycles. The van der Waals surface area contributed by atoms with Crippen LogP contribution in [-0.4, -0.2) is 37.9 Å². The summed E-state index contributed by atoms with van der Waals surface area (Å²) in [6.45, 7) is 6.27. The SMILES string of the molecule is CN=C(NCc1ccccc1OCC(C)C)NCC(CO)c1ccccc1. The van der Waals surface area contributed by atoms with E-state index in [4.69, 9.17) is 4.74 Å². The lowest BCUT2D eigenvalue weighted by molar-refractivity contribution is 0.265. The van der Waals surface area contributed by atoms with Crippen LogP contribution in [0.3, 0.4) is 0 Å². The Morgan fingerprint density at radius 2 is 1.74 bits per heavy atom. The molecule has 2 aromatic rings. The van der Waals surface area contributed by atoms with Gasteiger partial charge < -0.3 is 20.5 Å². The highest BCUT2D eigenvalue weighted by Gasteiger charge is 2.11. The number of nitrogens with one attached hydrogen (secondary N) is 2. The van der Waals surface area contributed by atoms with Gasteiger partial charge in [-0.25, -0.2) is 0 Å². The molecule has 0 saturated carbocycles. The van der Waals surface area contributed by atoms with Crippen LogP contribution in [0.5, 0.6) is 5.75 Å². The number of aliphatic hydroxyl groups is 1. The minimum absolute atomic E-state index is 0.0198. The van der Waals surface area contributed by atoms with Crippen molar-refractivity contribution in [2.75, 3.05) is 26.8 Å². The zero-order valence-corrected chi connectivity index (χ0v) is 16.5. The van der Waals surface area contributed by atoms with Crippen LogP contribution < -0.4 is 15.4 Å². The predicted molar refractivity (Wildman–Crippen MR) is 111 cm³/mol. The van der Waals surface area contributed by atoms with Crippen molar-refractivity contribution in [1.82, 2.24) is 10.6 Å². The fourth-order valence-corrected chi connectivity index (χ4v) is 2.68. The predicted octanol–water partition coefficient (Wildman–Crippen LogP) is 3.16. The zero-order chi connectivity index (χ0) is 19.5. The van der Waals surface area contributed by atoms with Gasteiger partial charge in [-0.3, -0.25) is 4.99 Å². The summed E-state index contributed by atoms with van der Waals surface area (Å²) in [6, 6.07) is 18.0. The number of nitrogens with zero attached hydrogens (tertiary/aromatic N) is 1. The van der Waals surface area contributed by atoms with Crippen LogP contribution in [0.2, 0.25) is 0 Å². The monoisotopic (exact) mass is 369 g/mol. The van der Waals surface area contributed by atoms with Gasteiger partial charge in [-0.1, -0.05) is 62.4 Å². The number of guanidine groups is 1. The lowest BCUT2D eigenvalue weighted by Gasteiger charge is -2.19. The first kappa shape index (κ1) is 20.8. The van der Waals surface area contributed by atoms with Crippen molar-refractivity contribution >= 4 is 5.96 Å². The van der Waals surface area contributed by atoms with Crippen molar-refractivity contribution in [3.8, 4) is 5.75 Å². The minimum Gasteiger partial charge on any atom is -0.493 e. The maximum Gasteiger partial charge on any atom is 0.191 e. The summed E-state index contributed by atoms with van der Waals surface area (Å²) in [6.07, 6.45) is 0. The Morgan fingerprint density at radius 3 is 2.41 bits per heavy atom. The van der Waals surface area contributed by atoms with E-state index in [1.807, 2.05) is 48.5 Å². The molecule has 0 aliphatic heterocycles. The standard InChI is InChI=1S/C22H31N3O2/c1-17(2)16-27-21-12-8-7-11-19(21)13-24-22(23-3)25-14-20(15-26)18-9-5-4-6-10-18/h4-12,17,20,26H,13-16H2,1-3H3,(H2,23,24,25). The highest BCUT2D eigenvalue weighted by molar-refractivity contribution is 5.79. The molecule has 3 N–H and O–H groups in total. The highest BCUT2D eigenvalue weighted by atomic mass is 16.5. The van der Waals surface area contributed by atoms with Crippen LogP contribution in [0.1, 0.15) is 30.9 Å². The quantitative estimate of drug-likeness (QED) is 0.469. The Balaban J connectivity index is 1.90. The molecule has 0 bridgehead atoms. The number of rotatable bonds is 9. The summed E-state index contributed by atoms with van der Waals surface area (Å²) in [5, 5.41) is 16.3. The van der Waals surface area contributed by atoms with E-state index in [0.717, 1.165) is 16.9 Å². The van der Waals surface area contributed by atoms with Crippen LogP contribution >= 0.6 is 0 Å². The number of hydrogen-bond acceptors (Lipinski definition) is 3. The van der Waals surface area contributed by atoms with Crippen molar-refractivity contribution in [2.45, 2.75) is 26.3 Å². The van der Waals surface area contributed by atoms with Gasteiger partial charge in [-0.15, -0.1) is 0 Å². The fraction of sp³-hybridized carbons (Fsp3) is 0.409. The first-order chi connectivity index (χ1) is 13.1. The first-order valence-corrected chi connectivity index (χ1v) is 9.45. The van der Waals surface area contributed by atoms with Gasteiger partial charge in [0.2, 0.25) is 0 Å². The topological polar surface area (TPSA) is 65.9 Å². The lowest BCUT2D eigenvalue weighted by Crippen LogP contribution is -2.39. The fourth-order valence-electron chi connectivity index (χ4n) is 2.68. The Kier molecular flexibility index (Phi) is 8.65. The highest BCUT2D eigenvalue weighted by Crippen LogP contribution is 2.18. The summed E-state index contributed by atoms with van der Waals surface area (Å²) in [5.41, 5.74) is 2.19. The Hall–Kier alpha value is -2.53. The number of para-hydroxylation sites is 1. The molecular weight excluding hydrogens is 338 g/mol. The molecule has 0 fully saturated rings. The van der Waals surface area contributed by atoms with E-state index in [-0.39, 0.29) is 12.5 Å². The third-order valence-corrected chi connectivity index (χ3v) is 4.22. The second kappa shape index (κ2) is 11.2. The normalized spacial score (nSPS) is 12.7. The Bertz CT molecular complexity index is 702. The second-order valence-electron chi connectivity index (χ2n) is 6.91. The third-order valence-electron chi connectivity index (χ3n) is 4.22. The lowest BCUT2D eigenvalue weighted by atomic mass is 10.0. The summed E-state index contributed by atoms with van der Waals surface area (Å²) >= 11 is 0. The van der Waals surface area contributed by atoms with Gasteiger partial charge in [0, 0.05) is 31.6 Å². The molecule has 0 aliphatic carbocycles. The summed E-state index contributed by atoms with van der Waals surface area (Å²) in [5.74, 6) is 2.09. The van der Waals surface area contributed by atoms with Crippen LogP contribution in [0.15, 0.2) is 59.6 Å². The molecule has 5 heteroatoms. The van der Waals surface area contributed by atoms with Gasteiger partial charge in [-0.05, 0) is 17.5 Å². The summed E-state index contributed by atoms with van der Waals surface area (Å²) < 4.78 is 5.90. The van der Waals surface area contributed by atoms with Gasteiger partial charge in [0.1, 0.15) is 5.75 Å². The van der Waals surface area contributed by atoms with Gasteiger partial charge >= 0.3 is 0 Å². The van der Waals surface area contributed by atoms with Crippen LogP contribution in [0.4, 0.5) is 0 Å². The molecule has 2 aromatic carbocycles. The van der Waals surface area contributed by atoms with Gasteiger partial charge in [0.25, 0.3) is 0 Å². The molecule has 27 heavy (non-hydrogen) atoms. The van der Waals surface area contributed by atoms with E-state index in [1.54, 1.807) is 7.05 Å². The van der Waals surface area contributed by atoms with Crippen molar-refractivity contribution < 1.29 is 9.84 Å². The van der Waals surface area contributed by atoms with E-state index in [1.165, 1.54) is 0 Å². The van der Waals surface area contributed by atoms with E-state index < -0.39 is 0 Å². The maximum atomic E-state index is 9.70. The molecule has 0 aliphatic rings. The minimum atomic E-state index is 0.0198. The van der Waals surface area contributed by atoms with Crippen molar-refractivity contribution in [2.24, 2.45) is 10.9 Å². The Labute approximate surface area is 162 Å². The first-order valence-electron chi connectivity index (χ1n) is 9.45. The second-order valence-corrected chi connectivity index (χ2v) is 6.91.